The van der Waals surface area contributed by atoms with E-state index in [1.807, 2.05) is 18.3 Å². The summed E-state index contributed by atoms with van der Waals surface area (Å²) in [5.74, 6) is 0.818. The maximum atomic E-state index is 9.13. The predicted octanol–water partition coefficient (Wildman–Crippen LogP) is 2.94. The van der Waals surface area contributed by atoms with Crippen molar-refractivity contribution in [3.05, 3.63) is 41.9 Å². The number of hydrogen-bond acceptors (Lipinski definition) is 2. The molecule has 0 radical (unpaired) electrons. The molecule has 2 aromatic rings. The number of rotatable bonds is 2. The lowest BCUT2D eigenvalue weighted by Crippen LogP contribution is -2.04. The van der Waals surface area contributed by atoms with Crippen molar-refractivity contribution < 1.29 is 0 Å². The third-order valence-corrected chi connectivity index (χ3v) is 3.43. The Morgan fingerprint density at radius 2 is 2.12 bits per heavy atom. The highest BCUT2D eigenvalue weighted by Gasteiger charge is 2.47. The van der Waals surface area contributed by atoms with E-state index in [1.54, 1.807) is 0 Å². The van der Waals surface area contributed by atoms with E-state index in [9.17, 15) is 0 Å². The highest BCUT2D eigenvalue weighted by Crippen LogP contribution is 2.46. The summed E-state index contributed by atoms with van der Waals surface area (Å²) < 4.78 is 0. The predicted molar refractivity (Wildman–Crippen MR) is 65.3 cm³/mol. The first-order chi connectivity index (χ1) is 8.25. The van der Waals surface area contributed by atoms with Crippen molar-refractivity contribution in [3.8, 4) is 17.3 Å². The molecule has 0 saturated heterocycles. The minimum absolute atomic E-state index is 0.332. The van der Waals surface area contributed by atoms with Gasteiger partial charge in [0, 0.05) is 5.56 Å². The second kappa shape index (κ2) is 3.46. The standard InChI is InChI=1S/C14H13N3/c1-10-4-2-3-5-11(10)12-8-16-13(17-12)14(9-15)6-7-14/h2-5,8H,6-7H2,1H3,(H,16,17). The van der Waals surface area contributed by atoms with Crippen LogP contribution in [0.1, 0.15) is 24.2 Å². The third-order valence-electron chi connectivity index (χ3n) is 3.43. The van der Waals surface area contributed by atoms with Crippen molar-refractivity contribution in [1.82, 2.24) is 9.97 Å². The summed E-state index contributed by atoms with van der Waals surface area (Å²) in [7, 11) is 0. The van der Waals surface area contributed by atoms with Crippen LogP contribution in [0, 0.1) is 18.3 Å². The number of hydrogen-bond donors (Lipinski definition) is 1. The summed E-state index contributed by atoms with van der Waals surface area (Å²) in [6, 6.07) is 10.5. The average Bonchev–Trinajstić information content (AvgIpc) is 3.00. The Morgan fingerprint density at radius 1 is 1.35 bits per heavy atom. The molecule has 0 aliphatic heterocycles. The van der Waals surface area contributed by atoms with Gasteiger partial charge in [-0.1, -0.05) is 24.3 Å². The van der Waals surface area contributed by atoms with E-state index in [0.29, 0.717) is 0 Å². The first-order valence-corrected chi connectivity index (χ1v) is 5.78. The van der Waals surface area contributed by atoms with Crippen LogP contribution in [-0.4, -0.2) is 9.97 Å². The molecule has 0 unspecified atom stereocenters. The van der Waals surface area contributed by atoms with Crippen LogP contribution in [0.3, 0.4) is 0 Å². The minimum atomic E-state index is -0.332. The summed E-state index contributed by atoms with van der Waals surface area (Å²) in [5, 5.41) is 9.13. The highest BCUT2D eigenvalue weighted by atomic mass is 15.0. The van der Waals surface area contributed by atoms with E-state index in [0.717, 1.165) is 29.9 Å². The molecule has 84 valence electrons. The van der Waals surface area contributed by atoms with Crippen LogP contribution >= 0.6 is 0 Å². The number of imidazole rings is 1. The summed E-state index contributed by atoms with van der Waals surface area (Å²) in [6.45, 7) is 2.08. The second-order valence-electron chi connectivity index (χ2n) is 4.65. The Labute approximate surface area is 100 Å². The van der Waals surface area contributed by atoms with Gasteiger partial charge in [-0.25, -0.2) is 4.98 Å². The van der Waals surface area contributed by atoms with Crippen LogP contribution < -0.4 is 0 Å². The fourth-order valence-corrected chi connectivity index (χ4v) is 2.10. The molecule has 1 aliphatic rings. The molecule has 0 amide bonds. The van der Waals surface area contributed by atoms with E-state index >= 15 is 0 Å². The number of aromatic amines is 1. The molecule has 17 heavy (non-hydrogen) atoms. The molecule has 0 spiro atoms. The van der Waals surface area contributed by atoms with Gasteiger partial charge in [-0.15, -0.1) is 0 Å². The minimum Gasteiger partial charge on any atom is -0.341 e. The molecule has 1 aliphatic carbocycles. The van der Waals surface area contributed by atoms with E-state index in [1.165, 1.54) is 5.56 Å². The highest BCUT2D eigenvalue weighted by molar-refractivity contribution is 5.63. The molecule has 3 rings (SSSR count). The Kier molecular flexibility index (Phi) is 2.05. The van der Waals surface area contributed by atoms with Crippen LogP contribution in [0.5, 0.6) is 0 Å². The number of benzene rings is 1. The first-order valence-electron chi connectivity index (χ1n) is 5.78. The van der Waals surface area contributed by atoms with Crippen LogP contribution in [-0.2, 0) is 5.41 Å². The Morgan fingerprint density at radius 3 is 2.76 bits per heavy atom. The molecule has 1 heterocycles. The van der Waals surface area contributed by atoms with Crippen molar-refractivity contribution in [1.29, 1.82) is 5.26 Å². The fraction of sp³-hybridized carbons (Fsp3) is 0.286. The monoisotopic (exact) mass is 223 g/mol. The van der Waals surface area contributed by atoms with Gasteiger partial charge in [0.25, 0.3) is 0 Å². The lowest BCUT2D eigenvalue weighted by atomic mass is 10.1. The number of H-pyrrole nitrogens is 1. The zero-order valence-corrected chi connectivity index (χ0v) is 9.70. The molecule has 1 aromatic heterocycles. The van der Waals surface area contributed by atoms with Gasteiger partial charge in [0.15, 0.2) is 0 Å². The van der Waals surface area contributed by atoms with Crippen molar-refractivity contribution >= 4 is 0 Å². The van der Waals surface area contributed by atoms with Gasteiger partial charge in [-0.05, 0) is 25.3 Å². The Balaban J connectivity index is 2.02. The molecule has 0 bridgehead atoms. The number of nitrogens with zero attached hydrogens (tertiary/aromatic N) is 2. The molecule has 0 atom stereocenters. The van der Waals surface area contributed by atoms with Crippen LogP contribution in [0.4, 0.5) is 0 Å². The molecule has 1 fully saturated rings. The van der Waals surface area contributed by atoms with Gasteiger partial charge in [0.2, 0.25) is 0 Å². The van der Waals surface area contributed by atoms with Crippen molar-refractivity contribution in [2.75, 3.05) is 0 Å². The third kappa shape index (κ3) is 1.53. The quantitative estimate of drug-likeness (QED) is 0.851. The first kappa shape index (κ1) is 10.1. The van der Waals surface area contributed by atoms with Crippen LogP contribution in [0.25, 0.3) is 11.3 Å². The lowest BCUT2D eigenvalue weighted by Gasteiger charge is -2.03. The number of aryl methyl sites for hydroxylation is 1. The van der Waals surface area contributed by atoms with Crippen LogP contribution in [0.15, 0.2) is 30.5 Å². The molecule has 1 aromatic carbocycles. The zero-order valence-electron chi connectivity index (χ0n) is 9.70. The van der Waals surface area contributed by atoms with E-state index in [4.69, 9.17) is 5.26 Å². The van der Waals surface area contributed by atoms with Crippen molar-refractivity contribution in [2.24, 2.45) is 0 Å². The van der Waals surface area contributed by atoms with Gasteiger partial charge >= 0.3 is 0 Å². The zero-order chi connectivity index (χ0) is 11.9. The summed E-state index contributed by atoms with van der Waals surface area (Å²) in [5.41, 5.74) is 3.03. The molecular formula is C14H13N3. The van der Waals surface area contributed by atoms with Gasteiger partial charge in [-0.2, -0.15) is 5.26 Å². The van der Waals surface area contributed by atoms with Gasteiger partial charge in [0.1, 0.15) is 11.2 Å². The second-order valence-corrected chi connectivity index (χ2v) is 4.65. The van der Waals surface area contributed by atoms with Crippen molar-refractivity contribution in [2.45, 2.75) is 25.2 Å². The molecule has 1 saturated carbocycles. The smallest absolute Gasteiger partial charge is 0.127 e. The normalized spacial score (nSPS) is 16.5. The summed E-state index contributed by atoms with van der Waals surface area (Å²) in [6.07, 6.45) is 3.67. The topological polar surface area (TPSA) is 52.5 Å². The fourth-order valence-electron chi connectivity index (χ4n) is 2.10. The largest absolute Gasteiger partial charge is 0.341 e. The van der Waals surface area contributed by atoms with E-state index < -0.39 is 0 Å². The number of nitriles is 1. The number of aromatic nitrogens is 2. The molecular weight excluding hydrogens is 210 g/mol. The molecule has 3 heteroatoms. The molecule has 3 nitrogen and oxygen atoms in total. The van der Waals surface area contributed by atoms with Gasteiger partial charge < -0.3 is 4.98 Å². The Hall–Kier alpha value is -2.08. The summed E-state index contributed by atoms with van der Waals surface area (Å²) >= 11 is 0. The average molecular weight is 223 g/mol. The SMILES string of the molecule is Cc1ccccc1-c1cnc(C2(C#N)CC2)[nH]1. The lowest BCUT2D eigenvalue weighted by molar-refractivity contribution is 0.822. The van der Waals surface area contributed by atoms with Crippen molar-refractivity contribution in [3.63, 3.8) is 0 Å². The Bertz CT molecular complexity index is 600. The maximum absolute atomic E-state index is 9.13. The summed E-state index contributed by atoms with van der Waals surface area (Å²) in [4.78, 5) is 7.65. The van der Waals surface area contributed by atoms with Gasteiger partial charge in [0.05, 0.1) is 18.0 Å². The van der Waals surface area contributed by atoms with E-state index in [-0.39, 0.29) is 5.41 Å². The van der Waals surface area contributed by atoms with Gasteiger partial charge in [-0.3, -0.25) is 0 Å². The van der Waals surface area contributed by atoms with Crippen LogP contribution in [0.2, 0.25) is 0 Å². The number of nitrogens with one attached hydrogen (secondary N) is 1. The maximum Gasteiger partial charge on any atom is 0.127 e. The van der Waals surface area contributed by atoms with E-state index in [2.05, 4.69) is 35.1 Å². The molecule has 1 N–H and O–H groups in total.